The van der Waals surface area contributed by atoms with Gasteiger partial charge in [-0.05, 0) is 31.5 Å². The van der Waals surface area contributed by atoms with Gasteiger partial charge in [0.1, 0.15) is 17.9 Å². The fraction of sp³-hybridized carbons (Fsp3) is 0.429. The normalized spacial score (nSPS) is 12.4. The average Bonchev–Trinajstić information content (AvgIpc) is 2.92. The predicted octanol–water partition coefficient (Wildman–Crippen LogP) is 2.16. The van der Waals surface area contributed by atoms with E-state index < -0.39 is 0 Å². The zero-order chi connectivity index (χ0) is 13.7. The molecule has 0 fully saturated rings. The van der Waals surface area contributed by atoms with Gasteiger partial charge in [-0.1, -0.05) is 12.1 Å². The molecule has 0 aliphatic heterocycles. The molecule has 1 aromatic carbocycles. The molecule has 0 aliphatic carbocycles. The van der Waals surface area contributed by atoms with Crippen LogP contribution in [0.15, 0.2) is 30.6 Å². The molecule has 0 saturated carbocycles. The standard InChI is InChI=1S/C14H20N4O/c1-4-18-10-16-17-14(18)9-15-11(2)12-6-5-7-13(8-12)19-3/h5-8,10-11,15H,4,9H2,1-3H3. The number of nitrogens with one attached hydrogen (secondary N) is 1. The third kappa shape index (κ3) is 3.32. The van der Waals surface area contributed by atoms with Gasteiger partial charge in [-0.15, -0.1) is 10.2 Å². The summed E-state index contributed by atoms with van der Waals surface area (Å²) < 4.78 is 7.27. The first kappa shape index (κ1) is 13.5. The van der Waals surface area contributed by atoms with Crippen LogP contribution in [0.4, 0.5) is 0 Å². The number of hydrogen-bond donors (Lipinski definition) is 1. The second kappa shape index (κ2) is 6.33. The highest BCUT2D eigenvalue weighted by Crippen LogP contribution is 2.18. The van der Waals surface area contributed by atoms with E-state index in [4.69, 9.17) is 4.74 Å². The van der Waals surface area contributed by atoms with Crippen molar-refractivity contribution in [2.75, 3.05) is 7.11 Å². The highest BCUT2D eigenvalue weighted by molar-refractivity contribution is 5.30. The topological polar surface area (TPSA) is 52.0 Å². The summed E-state index contributed by atoms with van der Waals surface area (Å²) in [5.74, 6) is 1.83. The van der Waals surface area contributed by atoms with Gasteiger partial charge in [0.05, 0.1) is 13.7 Å². The van der Waals surface area contributed by atoms with Gasteiger partial charge in [0.2, 0.25) is 0 Å². The molecule has 2 aromatic rings. The third-order valence-corrected chi connectivity index (χ3v) is 3.20. The SMILES string of the molecule is CCn1cnnc1CNC(C)c1cccc(OC)c1. The minimum Gasteiger partial charge on any atom is -0.497 e. The maximum absolute atomic E-state index is 5.24. The quantitative estimate of drug-likeness (QED) is 0.864. The molecule has 19 heavy (non-hydrogen) atoms. The number of benzene rings is 1. The van der Waals surface area contributed by atoms with E-state index in [0.29, 0.717) is 6.54 Å². The first-order valence-electron chi connectivity index (χ1n) is 6.48. The maximum atomic E-state index is 5.24. The first-order valence-corrected chi connectivity index (χ1v) is 6.48. The molecule has 5 heteroatoms. The van der Waals surface area contributed by atoms with Crippen molar-refractivity contribution < 1.29 is 4.74 Å². The largest absolute Gasteiger partial charge is 0.497 e. The molecule has 1 N–H and O–H groups in total. The molecule has 0 saturated heterocycles. The van der Waals surface area contributed by atoms with Crippen molar-refractivity contribution in [1.29, 1.82) is 0 Å². The Morgan fingerprint density at radius 2 is 2.26 bits per heavy atom. The minimum absolute atomic E-state index is 0.233. The van der Waals surface area contributed by atoms with Crippen LogP contribution in [0.5, 0.6) is 5.75 Å². The molecule has 102 valence electrons. The number of aromatic nitrogens is 3. The van der Waals surface area contributed by atoms with Gasteiger partial charge in [0.25, 0.3) is 0 Å². The van der Waals surface area contributed by atoms with Crippen LogP contribution < -0.4 is 10.1 Å². The van der Waals surface area contributed by atoms with E-state index in [1.54, 1.807) is 13.4 Å². The van der Waals surface area contributed by atoms with E-state index in [1.807, 2.05) is 22.8 Å². The van der Waals surface area contributed by atoms with Crippen LogP contribution in [-0.4, -0.2) is 21.9 Å². The lowest BCUT2D eigenvalue weighted by Crippen LogP contribution is -2.20. The Morgan fingerprint density at radius 3 is 3.00 bits per heavy atom. The van der Waals surface area contributed by atoms with Crippen molar-refractivity contribution in [3.8, 4) is 5.75 Å². The summed E-state index contributed by atoms with van der Waals surface area (Å²) in [7, 11) is 1.68. The number of aryl methyl sites for hydroxylation is 1. The molecule has 5 nitrogen and oxygen atoms in total. The number of methoxy groups -OCH3 is 1. The van der Waals surface area contributed by atoms with Crippen LogP contribution in [0.1, 0.15) is 31.3 Å². The van der Waals surface area contributed by atoms with E-state index in [9.17, 15) is 0 Å². The second-order valence-electron chi connectivity index (χ2n) is 4.41. The lowest BCUT2D eigenvalue weighted by molar-refractivity contribution is 0.413. The highest BCUT2D eigenvalue weighted by atomic mass is 16.5. The van der Waals surface area contributed by atoms with Gasteiger partial charge in [-0.3, -0.25) is 0 Å². The summed E-state index contributed by atoms with van der Waals surface area (Å²) in [6.07, 6.45) is 1.76. The molecule has 1 unspecified atom stereocenters. The number of hydrogen-bond acceptors (Lipinski definition) is 4. The van der Waals surface area contributed by atoms with Crippen molar-refractivity contribution >= 4 is 0 Å². The monoisotopic (exact) mass is 260 g/mol. The van der Waals surface area contributed by atoms with Crippen molar-refractivity contribution in [1.82, 2.24) is 20.1 Å². The third-order valence-electron chi connectivity index (χ3n) is 3.20. The van der Waals surface area contributed by atoms with Gasteiger partial charge in [0.15, 0.2) is 0 Å². The van der Waals surface area contributed by atoms with Gasteiger partial charge >= 0.3 is 0 Å². The van der Waals surface area contributed by atoms with E-state index in [2.05, 4.69) is 35.4 Å². The first-order chi connectivity index (χ1) is 9.24. The Labute approximate surface area is 113 Å². The lowest BCUT2D eigenvalue weighted by atomic mass is 10.1. The fourth-order valence-electron chi connectivity index (χ4n) is 1.95. The Kier molecular flexibility index (Phi) is 4.52. The Balaban J connectivity index is 1.99. The van der Waals surface area contributed by atoms with Crippen LogP contribution in [0, 0.1) is 0 Å². The summed E-state index contributed by atoms with van der Waals surface area (Å²) in [4.78, 5) is 0. The average molecular weight is 260 g/mol. The molecule has 0 bridgehead atoms. The molecule has 1 atom stereocenters. The van der Waals surface area contributed by atoms with Crippen LogP contribution in [-0.2, 0) is 13.1 Å². The van der Waals surface area contributed by atoms with Crippen molar-refractivity contribution in [3.05, 3.63) is 42.0 Å². The molecule has 0 aliphatic rings. The summed E-state index contributed by atoms with van der Waals surface area (Å²) in [6.45, 7) is 5.80. The zero-order valence-electron chi connectivity index (χ0n) is 11.6. The van der Waals surface area contributed by atoms with Crippen molar-refractivity contribution in [3.63, 3.8) is 0 Å². The summed E-state index contributed by atoms with van der Waals surface area (Å²) in [5, 5.41) is 11.5. The second-order valence-corrected chi connectivity index (χ2v) is 4.41. The van der Waals surface area contributed by atoms with Crippen LogP contribution in [0.25, 0.3) is 0 Å². The maximum Gasteiger partial charge on any atom is 0.146 e. The summed E-state index contributed by atoms with van der Waals surface area (Å²) >= 11 is 0. The fourth-order valence-corrected chi connectivity index (χ4v) is 1.95. The molecule has 1 aromatic heterocycles. The number of ether oxygens (including phenoxy) is 1. The van der Waals surface area contributed by atoms with E-state index >= 15 is 0 Å². The summed E-state index contributed by atoms with van der Waals surface area (Å²) in [6, 6.07) is 8.31. The van der Waals surface area contributed by atoms with E-state index in [-0.39, 0.29) is 6.04 Å². The predicted molar refractivity (Wildman–Crippen MR) is 73.9 cm³/mol. The van der Waals surface area contributed by atoms with Crippen molar-refractivity contribution in [2.45, 2.75) is 33.0 Å². The van der Waals surface area contributed by atoms with Crippen LogP contribution >= 0.6 is 0 Å². The Hall–Kier alpha value is -1.88. The van der Waals surface area contributed by atoms with Gasteiger partial charge < -0.3 is 14.6 Å². The highest BCUT2D eigenvalue weighted by Gasteiger charge is 2.08. The number of nitrogens with zero attached hydrogens (tertiary/aromatic N) is 3. The van der Waals surface area contributed by atoms with Crippen LogP contribution in [0.2, 0.25) is 0 Å². The smallest absolute Gasteiger partial charge is 0.146 e. The number of rotatable bonds is 6. The Morgan fingerprint density at radius 1 is 1.42 bits per heavy atom. The Bertz CT molecular complexity index is 524. The van der Waals surface area contributed by atoms with Crippen molar-refractivity contribution in [2.24, 2.45) is 0 Å². The van der Waals surface area contributed by atoms with Crippen LogP contribution in [0.3, 0.4) is 0 Å². The minimum atomic E-state index is 0.233. The van der Waals surface area contributed by atoms with Gasteiger partial charge in [-0.25, -0.2) is 0 Å². The molecule has 2 rings (SSSR count). The summed E-state index contributed by atoms with van der Waals surface area (Å²) in [5.41, 5.74) is 1.20. The van der Waals surface area contributed by atoms with Gasteiger partial charge in [0, 0.05) is 12.6 Å². The zero-order valence-corrected chi connectivity index (χ0v) is 11.6. The lowest BCUT2D eigenvalue weighted by Gasteiger charge is -2.15. The molecule has 0 amide bonds. The molecule has 0 spiro atoms. The van der Waals surface area contributed by atoms with E-state index in [0.717, 1.165) is 18.1 Å². The molecule has 0 radical (unpaired) electrons. The molecular formula is C14H20N4O. The van der Waals surface area contributed by atoms with Gasteiger partial charge in [-0.2, -0.15) is 0 Å². The molecule has 1 heterocycles. The molecular weight excluding hydrogens is 240 g/mol. The van der Waals surface area contributed by atoms with E-state index in [1.165, 1.54) is 5.56 Å².